The summed E-state index contributed by atoms with van der Waals surface area (Å²) >= 11 is 0. The number of aliphatic carboxylic acids is 1. The Kier molecular flexibility index (Phi) is 9.36. The largest absolute Gasteiger partial charge is 0.481 e. The molecule has 0 aromatic carbocycles. The molecule has 0 bridgehead atoms. The zero-order chi connectivity index (χ0) is 12.2. The lowest BCUT2D eigenvalue weighted by molar-refractivity contribution is -0.137. The molecule has 0 aliphatic heterocycles. The number of carboxylic acid groups (broad SMARTS) is 1. The van der Waals surface area contributed by atoms with Crippen molar-refractivity contribution in [2.45, 2.75) is 45.4 Å². The highest BCUT2D eigenvalue weighted by Gasteiger charge is 2.00. The molecule has 0 heterocycles. The van der Waals surface area contributed by atoms with Crippen molar-refractivity contribution in [1.82, 2.24) is 5.32 Å². The van der Waals surface area contributed by atoms with E-state index < -0.39 is 5.97 Å². The van der Waals surface area contributed by atoms with Gasteiger partial charge in [0.15, 0.2) is 0 Å². The van der Waals surface area contributed by atoms with Crippen LogP contribution in [0.1, 0.15) is 45.4 Å². The lowest BCUT2D eigenvalue weighted by Gasteiger charge is -2.02. The third-order valence-electron chi connectivity index (χ3n) is 2.05. The van der Waals surface area contributed by atoms with E-state index in [1.165, 1.54) is 0 Å². The minimum absolute atomic E-state index is 0.00784. The van der Waals surface area contributed by atoms with Gasteiger partial charge in [-0.3, -0.25) is 9.59 Å². The maximum Gasteiger partial charge on any atom is 0.303 e. The zero-order valence-electron chi connectivity index (χ0n) is 9.87. The average Bonchev–Trinajstić information content (AvgIpc) is 2.24. The molecule has 0 fully saturated rings. The fraction of sp³-hybridized carbons (Fsp3) is 0.667. The molecule has 1 amide bonds. The number of nitrogens with one attached hydrogen (secondary N) is 1. The maximum absolute atomic E-state index is 11.2. The second kappa shape index (κ2) is 10.2. The highest BCUT2D eigenvalue weighted by Crippen LogP contribution is 1.95. The first-order valence-electron chi connectivity index (χ1n) is 5.80. The molecule has 0 atom stereocenters. The Morgan fingerprint density at radius 3 is 2.50 bits per heavy atom. The van der Waals surface area contributed by atoms with Gasteiger partial charge in [-0.05, 0) is 19.3 Å². The molecule has 0 unspecified atom stereocenters. The van der Waals surface area contributed by atoms with Gasteiger partial charge in [-0.1, -0.05) is 25.5 Å². The smallest absolute Gasteiger partial charge is 0.303 e. The van der Waals surface area contributed by atoms with Crippen LogP contribution in [0.15, 0.2) is 12.2 Å². The van der Waals surface area contributed by atoms with Gasteiger partial charge in [-0.15, -0.1) is 0 Å². The van der Waals surface area contributed by atoms with Crippen LogP contribution in [0.5, 0.6) is 0 Å². The van der Waals surface area contributed by atoms with E-state index in [4.69, 9.17) is 5.11 Å². The molecule has 4 heteroatoms. The molecule has 92 valence electrons. The van der Waals surface area contributed by atoms with E-state index in [0.29, 0.717) is 19.4 Å². The van der Waals surface area contributed by atoms with Crippen LogP contribution in [0.4, 0.5) is 0 Å². The monoisotopic (exact) mass is 227 g/mol. The maximum atomic E-state index is 11.2. The molecule has 0 aromatic rings. The molecule has 0 radical (unpaired) electrons. The van der Waals surface area contributed by atoms with Gasteiger partial charge in [0.05, 0.1) is 0 Å². The number of hydrogen-bond acceptors (Lipinski definition) is 2. The predicted octanol–water partition coefficient (Wildman–Crippen LogP) is 2.10. The third kappa shape index (κ3) is 10.8. The van der Waals surface area contributed by atoms with Crippen LogP contribution < -0.4 is 5.32 Å². The van der Waals surface area contributed by atoms with E-state index >= 15 is 0 Å². The van der Waals surface area contributed by atoms with Crippen molar-refractivity contribution in [2.24, 2.45) is 0 Å². The summed E-state index contributed by atoms with van der Waals surface area (Å²) in [5.41, 5.74) is 0. The van der Waals surface area contributed by atoms with Crippen LogP contribution in [0, 0.1) is 0 Å². The van der Waals surface area contributed by atoms with Crippen LogP contribution in [-0.4, -0.2) is 23.5 Å². The Labute approximate surface area is 96.7 Å². The SMILES string of the molecule is CCC/C=C/CCC(=O)NCCCC(=O)O. The van der Waals surface area contributed by atoms with E-state index in [1.807, 2.05) is 6.08 Å². The standard InChI is InChI=1S/C12H21NO3/c1-2-3-4-5-6-8-11(14)13-10-7-9-12(15)16/h4-5H,2-3,6-10H2,1H3,(H,13,14)(H,15,16)/b5-4+. The summed E-state index contributed by atoms with van der Waals surface area (Å²) in [6.45, 7) is 2.56. The molecule has 4 nitrogen and oxygen atoms in total. The van der Waals surface area contributed by atoms with E-state index in [2.05, 4.69) is 18.3 Å². The Hall–Kier alpha value is -1.32. The molecule has 0 spiro atoms. The third-order valence-corrected chi connectivity index (χ3v) is 2.05. The molecule has 0 aromatic heterocycles. The quantitative estimate of drug-likeness (QED) is 0.468. The fourth-order valence-corrected chi connectivity index (χ4v) is 1.17. The van der Waals surface area contributed by atoms with E-state index in [0.717, 1.165) is 19.3 Å². The summed E-state index contributed by atoms with van der Waals surface area (Å²) in [6.07, 6.45) is 8.11. The highest BCUT2D eigenvalue weighted by atomic mass is 16.4. The fourth-order valence-electron chi connectivity index (χ4n) is 1.17. The van der Waals surface area contributed by atoms with Crippen molar-refractivity contribution in [3.05, 3.63) is 12.2 Å². The average molecular weight is 227 g/mol. The van der Waals surface area contributed by atoms with Gasteiger partial charge in [0.25, 0.3) is 0 Å². The summed E-state index contributed by atoms with van der Waals surface area (Å²) in [5, 5.41) is 11.1. The number of rotatable bonds is 9. The van der Waals surface area contributed by atoms with Crippen LogP contribution in [0.25, 0.3) is 0 Å². The highest BCUT2D eigenvalue weighted by molar-refractivity contribution is 5.76. The summed E-state index contributed by atoms with van der Waals surface area (Å²) in [6, 6.07) is 0. The normalized spacial score (nSPS) is 10.6. The van der Waals surface area contributed by atoms with Gasteiger partial charge in [0.1, 0.15) is 0 Å². The number of carbonyl (C=O) groups excluding carboxylic acids is 1. The Bertz CT molecular complexity index is 236. The van der Waals surface area contributed by atoms with Crippen LogP contribution >= 0.6 is 0 Å². The van der Waals surface area contributed by atoms with Crippen LogP contribution in [0.2, 0.25) is 0 Å². The first-order valence-corrected chi connectivity index (χ1v) is 5.80. The Morgan fingerprint density at radius 2 is 1.88 bits per heavy atom. The summed E-state index contributed by atoms with van der Waals surface area (Å²) in [7, 11) is 0. The molecular formula is C12H21NO3. The number of allylic oxidation sites excluding steroid dienone is 2. The van der Waals surface area contributed by atoms with Gasteiger partial charge in [0.2, 0.25) is 5.91 Å². The van der Waals surface area contributed by atoms with Gasteiger partial charge in [-0.2, -0.15) is 0 Å². The number of amides is 1. The molecule has 0 saturated heterocycles. The predicted molar refractivity (Wildman–Crippen MR) is 63.2 cm³/mol. The van der Waals surface area contributed by atoms with Gasteiger partial charge in [-0.25, -0.2) is 0 Å². The van der Waals surface area contributed by atoms with Crippen molar-refractivity contribution < 1.29 is 14.7 Å². The summed E-state index contributed by atoms with van der Waals surface area (Å²) in [5.74, 6) is -0.830. The van der Waals surface area contributed by atoms with Crippen molar-refractivity contribution in [3.63, 3.8) is 0 Å². The molecule has 0 aliphatic carbocycles. The van der Waals surface area contributed by atoms with Crippen molar-refractivity contribution in [2.75, 3.05) is 6.54 Å². The number of carbonyl (C=O) groups is 2. The van der Waals surface area contributed by atoms with Crippen molar-refractivity contribution in [1.29, 1.82) is 0 Å². The number of hydrogen-bond donors (Lipinski definition) is 2. The van der Waals surface area contributed by atoms with Crippen LogP contribution in [0.3, 0.4) is 0 Å². The zero-order valence-corrected chi connectivity index (χ0v) is 9.87. The van der Waals surface area contributed by atoms with Gasteiger partial charge < -0.3 is 10.4 Å². The molecule has 16 heavy (non-hydrogen) atoms. The minimum atomic E-state index is -0.822. The topological polar surface area (TPSA) is 66.4 Å². The Morgan fingerprint density at radius 1 is 1.19 bits per heavy atom. The second-order valence-corrected chi connectivity index (χ2v) is 3.65. The number of carboxylic acids is 1. The molecular weight excluding hydrogens is 206 g/mol. The number of unbranched alkanes of at least 4 members (excludes halogenated alkanes) is 1. The van der Waals surface area contributed by atoms with E-state index in [9.17, 15) is 9.59 Å². The molecule has 2 N–H and O–H groups in total. The van der Waals surface area contributed by atoms with Gasteiger partial charge >= 0.3 is 5.97 Å². The lowest BCUT2D eigenvalue weighted by Crippen LogP contribution is -2.24. The first kappa shape index (κ1) is 14.7. The van der Waals surface area contributed by atoms with Gasteiger partial charge in [0, 0.05) is 19.4 Å². The van der Waals surface area contributed by atoms with E-state index in [1.54, 1.807) is 0 Å². The lowest BCUT2D eigenvalue weighted by atomic mass is 10.2. The van der Waals surface area contributed by atoms with E-state index in [-0.39, 0.29) is 12.3 Å². The summed E-state index contributed by atoms with van der Waals surface area (Å²) in [4.78, 5) is 21.4. The molecule has 0 rings (SSSR count). The van der Waals surface area contributed by atoms with Crippen LogP contribution in [-0.2, 0) is 9.59 Å². The summed E-state index contributed by atoms with van der Waals surface area (Å²) < 4.78 is 0. The Balaban J connectivity index is 3.34. The molecule has 0 saturated carbocycles. The van der Waals surface area contributed by atoms with Crippen molar-refractivity contribution >= 4 is 11.9 Å². The first-order chi connectivity index (χ1) is 7.66. The van der Waals surface area contributed by atoms with Crippen molar-refractivity contribution in [3.8, 4) is 0 Å². The molecule has 0 aliphatic rings. The second-order valence-electron chi connectivity index (χ2n) is 3.65. The minimum Gasteiger partial charge on any atom is -0.481 e.